The number of quaternary nitrogens is 1. The molecule has 0 aliphatic heterocycles. The SMILES string of the molecule is C[NH+](CC(=O)NCc1ccc(Cl)cc1Cl)Cc1ccco1. The average Bonchev–Trinajstić information content (AvgIpc) is 2.90. The van der Waals surface area contributed by atoms with Crippen LogP contribution in [0.4, 0.5) is 0 Å². The number of nitrogens with one attached hydrogen (secondary N) is 2. The van der Waals surface area contributed by atoms with E-state index in [9.17, 15) is 4.79 Å². The van der Waals surface area contributed by atoms with Crippen LogP contribution in [0.5, 0.6) is 0 Å². The Morgan fingerprint density at radius 3 is 2.81 bits per heavy atom. The van der Waals surface area contributed by atoms with Crippen molar-refractivity contribution in [2.24, 2.45) is 0 Å². The van der Waals surface area contributed by atoms with E-state index in [1.54, 1.807) is 18.4 Å². The van der Waals surface area contributed by atoms with Crippen molar-refractivity contribution in [3.8, 4) is 0 Å². The summed E-state index contributed by atoms with van der Waals surface area (Å²) in [6.07, 6.45) is 1.63. The van der Waals surface area contributed by atoms with E-state index in [0.717, 1.165) is 16.2 Å². The molecule has 0 saturated heterocycles. The van der Waals surface area contributed by atoms with Gasteiger partial charge in [-0.05, 0) is 29.8 Å². The van der Waals surface area contributed by atoms with Gasteiger partial charge in [0.25, 0.3) is 5.91 Å². The van der Waals surface area contributed by atoms with E-state index in [4.69, 9.17) is 27.6 Å². The number of benzene rings is 1. The van der Waals surface area contributed by atoms with Crippen LogP contribution < -0.4 is 10.2 Å². The van der Waals surface area contributed by atoms with E-state index in [0.29, 0.717) is 29.7 Å². The number of hydrogen-bond donors (Lipinski definition) is 2. The largest absolute Gasteiger partial charge is 0.463 e. The quantitative estimate of drug-likeness (QED) is 0.851. The summed E-state index contributed by atoms with van der Waals surface area (Å²) in [6, 6.07) is 8.96. The summed E-state index contributed by atoms with van der Waals surface area (Å²) in [4.78, 5) is 12.9. The molecule has 0 spiro atoms. The Bertz CT molecular complexity index is 600. The highest BCUT2D eigenvalue weighted by molar-refractivity contribution is 6.35. The van der Waals surface area contributed by atoms with Gasteiger partial charge in [0.1, 0.15) is 6.54 Å². The topological polar surface area (TPSA) is 46.7 Å². The van der Waals surface area contributed by atoms with E-state index in [2.05, 4.69) is 5.32 Å². The summed E-state index contributed by atoms with van der Waals surface area (Å²) >= 11 is 11.9. The van der Waals surface area contributed by atoms with Crippen molar-refractivity contribution in [3.05, 3.63) is 58.0 Å². The van der Waals surface area contributed by atoms with Crippen LogP contribution in [-0.4, -0.2) is 19.5 Å². The van der Waals surface area contributed by atoms with Gasteiger partial charge in [0.2, 0.25) is 0 Å². The first-order chi connectivity index (χ1) is 10.0. The van der Waals surface area contributed by atoms with Gasteiger partial charge in [-0.3, -0.25) is 4.79 Å². The minimum atomic E-state index is -0.0370. The van der Waals surface area contributed by atoms with E-state index < -0.39 is 0 Å². The summed E-state index contributed by atoms with van der Waals surface area (Å²) in [5.41, 5.74) is 0.845. The Labute approximate surface area is 133 Å². The van der Waals surface area contributed by atoms with Crippen LogP contribution in [0.3, 0.4) is 0 Å². The normalized spacial score (nSPS) is 12.1. The molecule has 1 amide bonds. The number of rotatable bonds is 6. The van der Waals surface area contributed by atoms with Gasteiger partial charge in [-0.15, -0.1) is 0 Å². The highest BCUT2D eigenvalue weighted by Gasteiger charge is 2.12. The number of halogens is 2. The Morgan fingerprint density at radius 1 is 1.33 bits per heavy atom. The molecule has 1 unspecified atom stereocenters. The minimum Gasteiger partial charge on any atom is -0.463 e. The second-order valence-corrected chi connectivity index (χ2v) is 5.75. The van der Waals surface area contributed by atoms with Gasteiger partial charge >= 0.3 is 0 Å². The van der Waals surface area contributed by atoms with Gasteiger partial charge in [-0.2, -0.15) is 0 Å². The number of furan rings is 1. The van der Waals surface area contributed by atoms with Crippen LogP contribution in [0.2, 0.25) is 10.0 Å². The highest BCUT2D eigenvalue weighted by Crippen LogP contribution is 2.20. The van der Waals surface area contributed by atoms with Crippen LogP contribution >= 0.6 is 23.2 Å². The molecule has 2 rings (SSSR count). The molecule has 21 heavy (non-hydrogen) atoms. The first-order valence-corrected chi connectivity index (χ1v) is 7.34. The molecule has 1 atom stereocenters. The molecule has 1 aromatic carbocycles. The molecule has 0 fully saturated rings. The van der Waals surface area contributed by atoms with Gasteiger partial charge in [-0.25, -0.2) is 0 Å². The first-order valence-electron chi connectivity index (χ1n) is 6.59. The van der Waals surface area contributed by atoms with Gasteiger partial charge in [0.05, 0.1) is 13.3 Å². The molecular weight excluding hydrogens is 311 g/mol. The van der Waals surface area contributed by atoms with Crippen molar-refractivity contribution >= 4 is 29.1 Å². The predicted molar refractivity (Wildman–Crippen MR) is 82.5 cm³/mol. The first kappa shape index (κ1) is 15.9. The summed E-state index contributed by atoms with van der Waals surface area (Å²) in [5.74, 6) is 0.825. The Kier molecular flexibility index (Phi) is 5.67. The highest BCUT2D eigenvalue weighted by atomic mass is 35.5. The zero-order valence-electron chi connectivity index (χ0n) is 11.7. The molecule has 0 saturated carbocycles. The summed E-state index contributed by atoms with van der Waals surface area (Å²) in [6.45, 7) is 1.43. The zero-order valence-corrected chi connectivity index (χ0v) is 13.2. The molecule has 1 aromatic heterocycles. The van der Waals surface area contributed by atoms with E-state index in [1.165, 1.54) is 0 Å². The van der Waals surface area contributed by atoms with Gasteiger partial charge in [0.15, 0.2) is 12.3 Å². The third kappa shape index (κ3) is 5.08. The lowest BCUT2D eigenvalue weighted by molar-refractivity contribution is -0.886. The Morgan fingerprint density at radius 2 is 2.14 bits per heavy atom. The summed E-state index contributed by atoms with van der Waals surface area (Å²) < 4.78 is 5.26. The molecule has 0 aliphatic carbocycles. The molecule has 0 aliphatic rings. The molecule has 2 aromatic rings. The standard InChI is InChI=1S/C15H16Cl2N2O2/c1-19(9-13-3-2-6-21-13)10-15(20)18-8-11-4-5-12(16)7-14(11)17/h2-7H,8-10H2,1H3,(H,18,20)/p+1. The van der Waals surface area contributed by atoms with Crippen molar-refractivity contribution in [2.45, 2.75) is 13.1 Å². The maximum absolute atomic E-state index is 11.9. The van der Waals surface area contributed by atoms with E-state index in [-0.39, 0.29) is 5.91 Å². The molecule has 0 radical (unpaired) electrons. The number of likely N-dealkylation sites (N-methyl/N-ethyl adjacent to an activating group) is 1. The molecule has 2 N–H and O–H groups in total. The maximum Gasteiger partial charge on any atom is 0.275 e. The molecular formula is C15H17Cl2N2O2+. The Hall–Kier alpha value is -1.49. The molecule has 1 heterocycles. The lowest BCUT2D eigenvalue weighted by Crippen LogP contribution is -3.08. The predicted octanol–water partition coefficient (Wildman–Crippen LogP) is 1.92. The van der Waals surface area contributed by atoms with Crippen LogP contribution in [0, 0.1) is 0 Å². The second kappa shape index (κ2) is 7.50. The third-order valence-electron chi connectivity index (χ3n) is 3.01. The summed E-state index contributed by atoms with van der Waals surface area (Å²) in [5, 5.41) is 3.99. The van der Waals surface area contributed by atoms with Gasteiger partial charge in [-0.1, -0.05) is 29.3 Å². The lowest BCUT2D eigenvalue weighted by atomic mass is 10.2. The summed E-state index contributed by atoms with van der Waals surface area (Å²) in [7, 11) is 1.94. The second-order valence-electron chi connectivity index (χ2n) is 4.90. The smallest absolute Gasteiger partial charge is 0.275 e. The number of carbonyl (C=O) groups is 1. The molecule has 4 nitrogen and oxygen atoms in total. The maximum atomic E-state index is 11.9. The molecule has 112 valence electrons. The van der Waals surface area contributed by atoms with E-state index >= 15 is 0 Å². The number of hydrogen-bond acceptors (Lipinski definition) is 2. The van der Waals surface area contributed by atoms with Crippen molar-refractivity contribution in [3.63, 3.8) is 0 Å². The minimum absolute atomic E-state index is 0.0370. The average molecular weight is 328 g/mol. The molecule has 6 heteroatoms. The number of carbonyl (C=O) groups excluding carboxylic acids is 1. The van der Waals surface area contributed by atoms with Crippen molar-refractivity contribution in [1.82, 2.24) is 5.32 Å². The zero-order chi connectivity index (χ0) is 15.2. The van der Waals surface area contributed by atoms with E-state index in [1.807, 2.05) is 25.2 Å². The fourth-order valence-electron chi connectivity index (χ4n) is 1.97. The lowest BCUT2D eigenvalue weighted by Gasteiger charge is -2.13. The monoisotopic (exact) mass is 327 g/mol. The van der Waals surface area contributed by atoms with Crippen molar-refractivity contribution in [1.29, 1.82) is 0 Å². The molecule has 0 bridgehead atoms. The third-order valence-corrected chi connectivity index (χ3v) is 3.60. The van der Waals surface area contributed by atoms with Crippen LogP contribution in [0.25, 0.3) is 0 Å². The van der Waals surface area contributed by atoms with Gasteiger partial charge < -0.3 is 14.6 Å². The van der Waals surface area contributed by atoms with Crippen molar-refractivity contribution in [2.75, 3.05) is 13.6 Å². The fraction of sp³-hybridized carbons (Fsp3) is 0.267. The van der Waals surface area contributed by atoms with Crippen LogP contribution in [0.1, 0.15) is 11.3 Å². The fourth-order valence-corrected chi connectivity index (χ4v) is 2.44. The van der Waals surface area contributed by atoms with Crippen molar-refractivity contribution < 1.29 is 14.1 Å². The van der Waals surface area contributed by atoms with Gasteiger partial charge in [0, 0.05) is 16.6 Å². The van der Waals surface area contributed by atoms with Crippen LogP contribution in [-0.2, 0) is 17.9 Å². The Balaban J connectivity index is 1.79. The number of amides is 1. The van der Waals surface area contributed by atoms with Crippen LogP contribution in [0.15, 0.2) is 41.0 Å².